The molecule has 1 saturated heterocycles. The SMILES string of the molecule is CCN(CC)CCOCC1CCC(CNC2CC2)O1. The van der Waals surface area contributed by atoms with Gasteiger partial charge in [-0.1, -0.05) is 13.8 Å². The molecule has 1 aliphatic carbocycles. The lowest BCUT2D eigenvalue weighted by atomic mass is 10.2. The lowest BCUT2D eigenvalue weighted by Gasteiger charge is -2.19. The van der Waals surface area contributed by atoms with Gasteiger partial charge in [-0.3, -0.25) is 0 Å². The maximum Gasteiger partial charge on any atom is 0.0813 e. The molecule has 0 aromatic rings. The largest absolute Gasteiger partial charge is 0.377 e. The highest BCUT2D eigenvalue weighted by atomic mass is 16.5. The number of nitrogens with zero attached hydrogens (tertiary/aromatic N) is 1. The Hall–Kier alpha value is -0.160. The Bertz CT molecular complexity index is 242. The lowest BCUT2D eigenvalue weighted by molar-refractivity contribution is -0.0178. The van der Waals surface area contributed by atoms with Gasteiger partial charge in [0.15, 0.2) is 0 Å². The first-order valence-corrected chi connectivity index (χ1v) is 8.00. The van der Waals surface area contributed by atoms with E-state index in [1.54, 1.807) is 0 Å². The topological polar surface area (TPSA) is 33.7 Å². The molecule has 2 rings (SSSR count). The predicted octanol–water partition coefficient (Wildman–Crippen LogP) is 1.64. The van der Waals surface area contributed by atoms with Gasteiger partial charge in [-0.25, -0.2) is 0 Å². The van der Waals surface area contributed by atoms with Gasteiger partial charge in [0, 0.05) is 19.1 Å². The molecule has 19 heavy (non-hydrogen) atoms. The van der Waals surface area contributed by atoms with Gasteiger partial charge in [-0.2, -0.15) is 0 Å². The summed E-state index contributed by atoms with van der Waals surface area (Å²) in [5.74, 6) is 0. The van der Waals surface area contributed by atoms with Crippen LogP contribution in [0.4, 0.5) is 0 Å². The van der Waals surface area contributed by atoms with Gasteiger partial charge in [-0.05, 0) is 38.8 Å². The zero-order valence-corrected chi connectivity index (χ0v) is 12.6. The van der Waals surface area contributed by atoms with Gasteiger partial charge >= 0.3 is 0 Å². The lowest BCUT2D eigenvalue weighted by Crippen LogP contribution is -2.30. The molecule has 4 nitrogen and oxygen atoms in total. The summed E-state index contributed by atoms with van der Waals surface area (Å²) >= 11 is 0. The maximum atomic E-state index is 6.00. The molecule has 2 atom stereocenters. The van der Waals surface area contributed by atoms with E-state index < -0.39 is 0 Å². The minimum Gasteiger partial charge on any atom is -0.377 e. The molecule has 0 amide bonds. The van der Waals surface area contributed by atoms with E-state index in [9.17, 15) is 0 Å². The molecule has 2 unspecified atom stereocenters. The molecule has 0 spiro atoms. The zero-order chi connectivity index (χ0) is 13.5. The summed E-state index contributed by atoms with van der Waals surface area (Å²) in [6.45, 7) is 10.3. The third-order valence-electron chi connectivity index (χ3n) is 4.16. The van der Waals surface area contributed by atoms with Gasteiger partial charge in [0.1, 0.15) is 0 Å². The first-order valence-electron chi connectivity index (χ1n) is 8.00. The van der Waals surface area contributed by atoms with E-state index in [2.05, 4.69) is 24.1 Å². The fourth-order valence-corrected chi connectivity index (χ4v) is 2.59. The Morgan fingerprint density at radius 1 is 1.11 bits per heavy atom. The summed E-state index contributed by atoms with van der Waals surface area (Å²) in [5.41, 5.74) is 0. The van der Waals surface area contributed by atoms with E-state index >= 15 is 0 Å². The van der Waals surface area contributed by atoms with Crippen LogP contribution in [0.2, 0.25) is 0 Å². The summed E-state index contributed by atoms with van der Waals surface area (Å²) in [6.07, 6.45) is 5.78. The van der Waals surface area contributed by atoms with E-state index in [1.165, 1.54) is 19.3 Å². The molecule has 4 heteroatoms. The summed E-state index contributed by atoms with van der Waals surface area (Å²) < 4.78 is 11.7. The van der Waals surface area contributed by atoms with Crippen LogP contribution in [0.1, 0.15) is 39.5 Å². The minimum atomic E-state index is 0.322. The quantitative estimate of drug-likeness (QED) is 0.612. The molecule has 1 heterocycles. The van der Waals surface area contributed by atoms with Crippen LogP contribution < -0.4 is 5.32 Å². The van der Waals surface area contributed by atoms with Gasteiger partial charge in [0.05, 0.1) is 25.4 Å². The van der Waals surface area contributed by atoms with Crippen molar-refractivity contribution >= 4 is 0 Å². The van der Waals surface area contributed by atoms with E-state index in [1.807, 2.05) is 0 Å². The summed E-state index contributed by atoms with van der Waals surface area (Å²) in [6, 6.07) is 0.785. The molecule has 2 aliphatic rings. The Morgan fingerprint density at radius 3 is 2.53 bits per heavy atom. The average Bonchev–Trinajstić information content (AvgIpc) is 3.16. The van der Waals surface area contributed by atoms with E-state index in [0.29, 0.717) is 12.2 Å². The predicted molar refractivity (Wildman–Crippen MR) is 77.5 cm³/mol. The third-order valence-corrected chi connectivity index (χ3v) is 4.16. The molecular weight excluding hydrogens is 240 g/mol. The van der Waals surface area contributed by atoms with Crippen molar-refractivity contribution < 1.29 is 9.47 Å². The molecule has 112 valence electrons. The van der Waals surface area contributed by atoms with Crippen LogP contribution in [-0.4, -0.2) is 62.5 Å². The Morgan fingerprint density at radius 2 is 1.84 bits per heavy atom. The minimum absolute atomic E-state index is 0.322. The van der Waals surface area contributed by atoms with Crippen LogP contribution in [0, 0.1) is 0 Å². The van der Waals surface area contributed by atoms with Crippen molar-refractivity contribution in [1.29, 1.82) is 0 Å². The molecule has 0 radical (unpaired) electrons. The average molecular weight is 270 g/mol. The molecular formula is C15H30N2O2. The second-order valence-electron chi connectivity index (χ2n) is 5.74. The fraction of sp³-hybridized carbons (Fsp3) is 1.00. The van der Waals surface area contributed by atoms with Crippen LogP contribution in [0.3, 0.4) is 0 Å². The monoisotopic (exact) mass is 270 g/mol. The van der Waals surface area contributed by atoms with Crippen LogP contribution in [0.5, 0.6) is 0 Å². The van der Waals surface area contributed by atoms with Gasteiger partial charge in [0.25, 0.3) is 0 Å². The number of hydrogen-bond acceptors (Lipinski definition) is 4. The molecule has 0 aromatic carbocycles. The normalized spacial score (nSPS) is 27.3. The highest BCUT2D eigenvalue weighted by molar-refractivity contribution is 4.84. The summed E-state index contributed by atoms with van der Waals surface area (Å²) in [7, 11) is 0. The summed E-state index contributed by atoms with van der Waals surface area (Å²) in [5, 5.41) is 3.54. The molecule has 2 fully saturated rings. The number of hydrogen-bond donors (Lipinski definition) is 1. The Balaban J connectivity index is 1.47. The first kappa shape index (κ1) is 15.2. The van der Waals surface area contributed by atoms with Gasteiger partial charge in [0.2, 0.25) is 0 Å². The number of nitrogens with one attached hydrogen (secondary N) is 1. The van der Waals surface area contributed by atoms with Crippen LogP contribution >= 0.6 is 0 Å². The van der Waals surface area contributed by atoms with Crippen LogP contribution in [0.25, 0.3) is 0 Å². The first-order chi connectivity index (χ1) is 9.31. The zero-order valence-electron chi connectivity index (χ0n) is 12.6. The second-order valence-corrected chi connectivity index (χ2v) is 5.74. The Kier molecular flexibility index (Phi) is 6.57. The van der Waals surface area contributed by atoms with Crippen molar-refractivity contribution in [2.75, 3.05) is 39.4 Å². The number of likely N-dealkylation sites (N-methyl/N-ethyl adjacent to an activating group) is 1. The van der Waals surface area contributed by atoms with E-state index in [-0.39, 0.29) is 0 Å². The molecule has 1 aliphatic heterocycles. The Labute approximate surface area is 117 Å². The molecule has 0 aromatic heterocycles. The third kappa shape index (κ3) is 5.78. The van der Waals surface area contributed by atoms with Crippen LogP contribution in [0.15, 0.2) is 0 Å². The molecule has 0 bridgehead atoms. The van der Waals surface area contributed by atoms with Crippen molar-refractivity contribution in [2.24, 2.45) is 0 Å². The van der Waals surface area contributed by atoms with Crippen molar-refractivity contribution in [1.82, 2.24) is 10.2 Å². The molecule has 1 N–H and O–H groups in total. The second kappa shape index (κ2) is 8.20. The van der Waals surface area contributed by atoms with Gasteiger partial charge < -0.3 is 19.7 Å². The van der Waals surface area contributed by atoms with E-state index in [4.69, 9.17) is 9.47 Å². The fourth-order valence-electron chi connectivity index (χ4n) is 2.59. The van der Waals surface area contributed by atoms with Crippen molar-refractivity contribution in [3.8, 4) is 0 Å². The highest BCUT2D eigenvalue weighted by Crippen LogP contribution is 2.22. The molecule has 1 saturated carbocycles. The number of rotatable bonds is 10. The number of ether oxygens (including phenoxy) is 2. The van der Waals surface area contributed by atoms with Crippen molar-refractivity contribution in [3.63, 3.8) is 0 Å². The standard InChI is InChI=1S/C15H30N2O2/c1-3-17(4-2)9-10-18-12-15-8-7-14(19-15)11-16-13-5-6-13/h13-16H,3-12H2,1-2H3. The maximum absolute atomic E-state index is 6.00. The van der Waals surface area contributed by atoms with Crippen molar-refractivity contribution in [3.05, 3.63) is 0 Å². The van der Waals surface area contributed by atoms with Crippen molar-refractivity contribution in [2.45, 2.75) is 57.8 Å². The van der Waals surface area contributed by atoms with Crippen LogP contribution in [-0.2, 0) is 9.47 Å². The van der Waals surface area contributed by atoms with E-state index in [0.717, 1.165) is 51.9 Å². The smallest absolute Gasteiger partial charge is 0.0813 e. The summed E-state index contributed by atoms with van der Waals surface area (Å²) in [4.78, 5) is 2.39. The highest BCUT2D eigenvalue weighted by Gasteiger charge is 2.27. The van der Waals surface area contributed by atoms with Gasteiger partial charge in [-0.15, -0.1) is 0 Å².